The number of hydrogen-bond donors (Lipinski definition) is 1. The molecule has 1 aromatic heterocycles. The highest BCUT2D eigenvalue weighted by Gasteiger charge is 2.29. The Labute approximate surface area is 145 Å². The van der Waals surface area contributed by atoms with E-state index in [4.69, 9.17) is 0 Å². The molecule has 0 atom stereocenters. The summed E-state index contributed by atoms with van der Waals surface area (Å²) >= 11 is 1.61. The van der Waals surface area contributed by atoms with Crippen LogP contribution in [0.2, 0.25) is 0 Å². The SMILES string of the molecule is CCN(CC)CCNCc1ccc(-c2ccc(C(F)(F)F)cc2)s1. The van der Waals surface area contributed by atoms with Crippen molar-refractivity contribution in [1.29, 1.82) is 0 Å². The molecule has 0 unspecified atom stereocenters. The lowest BCUT2D eigenvalue weighted by molar-refractivity contribution is -0.137. The Kier molecular flexibility index (Phi) is 6.83. The summed E-state index contributed by atoms with van der Waals surface area (Å²) in [7, 11) is 0. The predicted molar refractivity (Wildman–Crippen MR) is 94.3 cm³/mol. The first-order valence-electron chi connectivity index (χ1n) is 8.13. The molecule has 0 radical (unpaired) electrons. The van der Waals surface area contributed by atoms with Gasteiger partial charge in [0.2, 0.25) is 0 Å². The van der Waals surface area contributed by atoms with Crippen LogP contribution >= 0.6 is 11.3 Å². The first-order chi connectivity index (χ1) is 11.4. The fourth-order valence-corrected chi connectivity index (χ4v) is 3.42. The van der Waals surface area contributed by atoms with Crippen LogP contribution in [0, 0.1) is 0 Å². The fraction of sp³-hybridized carbons (Fsp3) is 0.444. The van der Waals surface area contributed by atoms with Crippen molar-refractivity contribution in [1.82, 2.24) is 10.2 Å². The van der Waals surface area contributed by atoms with Crippen LogP contribution in [0.5, 0.6) is 0 Å². The molecule has 0 fully saturated rings. The average Bonchev–Trinajstić information content (AvgIpc) is 3.03. The van der Waals surface area contributed by atoms with Gasteiger partial charge in [0, 0.05) is 29.4 Å². The van der Waals surface area contributed by atoms with Crippen LogP contribution in [0.4, 0.5) is 13.2 Å². The lowest BCUT2D eigenvalue weighted by atomic mass is 10.1. The molecule has 0 saturated heterocycles. The monoisotopic (exact) mass is 356 g/mol. The molecule has 2 rings (SSSR count). The van der Waals surface area contributed by atoms with Crippen molar-refractivity contribution in [3.8, 4) is 10.4 Å². The summed E-state index contributed by atoms with van der Waals surface area (Å²) in [5.41, 5.74) is 0.212. The first-order valence-corrected chi connectivity index (χ1v) is 8.95. The number of nitrogens with zero attached hydrogens (tertiary/aromatic N) is 1. The van der Waals surface area contributed by atoms with Gasteiger partial charge in [0.25, 0.3) is 0 Å². The van der Waals surface area contributed by atoms with Crippen molar-refractivity contribution in [2.75, 3.05) is 26.2 Å². The van der Waals surface area contributed by atoms with E-state index in [1.165, 1.54) is 17.0 Å². The molecule has 0 aliphatic heterocycles. The van der Waals surface area contributed by atoms with Crippen LogP contribution in [0.1, 0.15) is 24.3 Å². The summed E-state index contributed by atoms with van der Waals surface area (Å²) in [5, 5.41) is 3.41. The van der Waals surface area contributed by atoms with E-state index in [0.717, 1.165) is 55.3 Å². The Hall–Kier alpha value is -1.37. The quantitative estimate of drug-likeness (QED) is 0.679. The predicted octanol–water partition coefficient (Wildman–Crippen LogP) is 4.87. The number of alkyl halides is 3. The second-order valence-corrected chi connectivity index (χ2v) is 6.71. The molecular formula is C18H23F3N2S. The highest BCUT2D eigenvalue weighted by molar-refractivity contribution is 7.15. The highest BCUT2D eigenvalue weighted by Crippen LogP contribution is 2.33. The number of halogens is 3. The number of benzene rings is 1. The van der Waals surface area contributed by atoms with Crippen LogP contribution < -0.4 is 5.32 Å². The molecule has 6 heteroatoms. The molecule has 0 bridgehead atoms. The minimum atomic E-state index is -4.28. The van der Waals surface area contributed by atoms with Crippen LogP contribution in [0.25, 0.3) is 10.4 Å². The van der Waals surface area contributed by atoms with Crippen LogP contribution in [-0.2, 0) is 12.7 Å². The van der Waals surface area contributed by atoms with Crippen molar-refractivity contribution in [2.24, 2.45) is 0 Å². The number of hydrogen-bond acceptors (Lipinski definition) is 3. The Balaban J connectivity index is 1.89. The van der Waals surface area contributed by atoms with Crippen LogP contribution in [-0.4, -0.2) is 31.1 Å². The maximum Gasteiger partial charge on any atom is 0.416 e. The lowest BCUT2D eigenvalue weighted by Crippen LogP contribution is -2.31. The Morgan fingerprint density at radius 3 is 2.25 bits per heavy atom. The molecule has 2 aromatic rings. The molecule has 2 nitrogen and oxygen atoms in total. The summed E-state index contributed by atoms with van der Waals surface area (Å²) in [6.07, 6.45) is -4.28. The van der Waals surface area contributed by atoms with Crippen molar-refractivity contribution < 1.29 is 13.2 Å². The van der Waals surface area contributed by atoms with Gasteiger partial charge in [-0.05, 0) is 42.9 Å². The summed E-state index contributed by atoms with van der Waals surface area (Å²) < 4.78 is 37.8. The molecule has 24 heavy (non-hydrogen) atoms. The van der Waals surface area contributed by atoms with Gasteiger partial charge in [-0.25, -0.2) is 0 Å². The minimum Gasteiger partial charge on any atom is -0.311 e. The van der Waals surface area contributed by atoms with E-state index in [9.17, 15) is 13.2 Å². The normalized spacial score (nSPS) is 12.1. The van der Waals surface area contributed by atoms with E-state index in [2.05, 4.69) is 24.1 Å². The third kappa shape index (κ3) is 5.33. The van der Waals surface area contributed by atoms with Crippen molar-refractivity contribution >= 4 is 11.3 Å². The molecule has 1 heterocycles. The molecular weight excluding hydrogens is 333 g/mol. The maximum absolute atomic E-state index is 12.6. The largest absolute Gasteiger partial charge is 0.416 e. The van der Waals surface area contributed by atoms with Gasteiger partial charge >= 0.3 is 6.18 Å². The summed E-state index contributed by atoms with van der Waals surface area (Å²) in [6, 6.07) is 9.34. The van der Waals surface area contributed by atoms with E-state index >= 15 is 0 Å². The van der Waals surface area contributed by atoms with E-state index in [1.54, 1.807) is 11.3 Å². The van der Waals surface area contributed by atoms with Gasteiger partial charge in [-0.1, -0.05) is 26.0 Å². The fourth-order valence-electron chi connectivity index (χ4n) is 2.44. The molecule has 1 aromatic carbocycles. The minimum absolute atomic E-state index is 0.610. The van der Waals surface area contributed by atoms with Gasteiger partial charge < -0.3 is 10.2 Å². The molecule has 0 saturated carbocycles. The summed E-state index contributed by atoms with van der Waals surface area (Å²) in [4.78, 5) is 4.53. The third-order valence-electron chi connectivity index (χ3n) is 3.96. The van der Waals surface area contributed by atoms with Gasteiger partial charge in [0.15, 0.2) is 0 Å². The molecule has 0 aliphatic carbocycles. The van der Waals surface area contributed by atoms with Crippen molar-refractivity contribution in [3.63, 3.8) is 0 Å². The second kappa shape index (κ2) is 8.65. The highest BCUT2D eigenvalue weighted by atomic mass is 32.1. The summed E-state index contributed by atoms with van der Waals surface area (Å²) in [5.74, 6) is 0. The second-order valence-electron chi connectivity index (χ2n) is 5.54. The van der Waals surface area contributed by atoms with Crippen LogP contribution in [0.15, 0.2) is 36.4 Å². The van der Waals surface area contributed by atoms with Gasteiger partial charge in [-0.2, -0.15) is 13.2 Å². The molecule has 0 spiro atoms. The third-order valence-corrected chi connectivity index (χ3v) is 5.09. The average molecular weight is 356 g/mol. The maximum atomic E-state index is 12.6. The van der Waals surface area contributed by atoms with Gasteiger partial charge in [0.1, 0.15) is 0 Å². The zero-order chi connectivity index (χ0) is 17.6. The smallest absolute Gasteiger partial charge is 0.311 e. The van der Waals surface area contributed by atoms with Gasteiger partial charge in [-0.15, -0.1) is 11.3 Å². The lowest BCUT2D eigenvalue weighted by Gasteiger charge is -2.17. The molecule has 132 valence electrons. The van der Waals surface area contributed by atoms with Crippen molar-refractivity contribution in [3.05, 3.63) is 46.8 Å². The zero-order valence-corrected chi connectivity index (χ0v) is 14.8. The molecule has 0 aliphatic rings. The van der Waals surface area contributed by atoms with E-state index in [1.807, 2.05) is 12.1 Å². The van der Waals surface area contributed by atoms with Gasteiger partial charge in [0.05, 0.1) is 5.56 Å². The number of rotatable bonds is 8. The van der Waals surface area contributed by atoms with E-state index in [-0.39, 0.29) is 0 Å². The number of thiophene rings is 1. The van der Waals surface area contributed by atoms with Gasteiger partial charge in [-0.3, -0.25) is 0 Å². The Morgan fingerprint density at radius 2 is 1.67 bits per heavy atom. The molecule has 0 amide bonds. The Morgan fingerprint density at radius 1 is 1.00 bits per heavy atom. The molecule has 1 N–H and O–H groups in total. The number of nitrogens with one attached hydrogen (secondary N) is 1. The summed E-state index contributed by atoms with van der Waals surface area (Å²) in [6.45, 7) is 9.13. The van der Waals surface area contributed by atoms with E-state index < -0.39 is 11.7 Å². The topological polar surface area (TPSA) is 15.3 Å². The zero-order valence-electron chi connectivity index (χ0n) is 14.0. The first kappa shape index (κ1) is 19.0. The number of likely N-dealkylation sites (N-methyl/N-ethyl adjacent to an activating group) is 1. The van der Waals surface area contributed by atoms with Crippen molar-refractivity contribution in [2.45, 2.75) is 26.6 Å². The van der Waals surface area contributed by atoms with E-state index in [0.29, 0.717) is 0 Å². The Bertz CT molecular complexity index is 616. The standard InChI is InChI=1S/C18H23F3N2S/c1-3-23(4-2)12-11-22-13-16-9-10-17(24-16)14-5-7-15(8-6-14)18(19,20)21/h5-10,22H,3-4,11-13H2,1-2H3. The van der Waals surface area contributed by atoms with Crippen LogP contribution in [0.3, 0.4) is 0 Å².